The van der Waals surface area contributed by atoms with Gasteiger partial charge < -0.3 is 5.73 Å². The summed E-state index contributed by atoms with van der Waals surface area (Å²) in [5, 5.41) is 2.00. The zero-order valence-electron chi connectivity index (χ0n) is 8.45. The fourth-order valence-corrected chi connectivity index (χ4v) is 1.76. The van der Waals surface area contributed by atoms with Crippen molar-refractivity contribution in [3.8, 4) is 0 Å². The number of hydrogen-bond donors (Lipinski definition) is 2. The van der Waals surface area contributed by atoms with Gasteiger partial charge in [-0.1, -0.05) is 12.1 Å². The molecule has 0 aliphatic carbocycles. The molecule has 1 aromatic carbocycles. The van der Waals surface area contributed by atoms with E-state index in [2.05, 4.69) is 0 Å². The zero-order valence-corrected chi connectivity index (χ0v) is 8.45. The quantitative estimate of drug-likeness (QED) is 0.524. The van der Waals surface area contributed by atoms with Crippen molar-refractivity contribution in [2.24, 2.45) is 5.73 Å². The van der Waals surface area contributed by atoms with E-state index in [1.807, 2.05) is 5.32 Å². The Morgan fingerprint density at radius 1 is 1.12 bits per heavy atom. The van der Waals surface area contributed by atoms with Gasteiger partial charge in [0.15, 0.2) is 0 Å². The Kier molecular flexibility index (Phi) is 2.54. The minimum absolute atomic E-state index is 0.196. The summed E-state index contributed by atoms with van der Waals surface area (Å²) in [6.45, 7) is 0.361. The number of imide groups is 1. The third-order valence-electron chi connectivity index (χ3n) is 2.47. The van der Waals surface area contributed by atoms with Gasteiger partial charge in [0.2, 0.25) is 0 Å². The molecule has 0 aromatic heterocycles. The van der Waals surface area contributed by atoms with Crippen LogP contribution in [0, 0.1) is 0 Å². The van der Waals surface area contributed by atoms with Gasteiger partial charge in [0.1, 0.15) is 0 Å². The fourth-order valence-electron chi connectivity index (χ4n) is 1.76. The van der Waals surface area contributed by atoms with Gasteiger partial charge in [0.05, 0.1) is 5.56 Å². The monoisotopic (exact) mass is 218 g/mol. The first-order chi connectivity index (χ1) is 7.65. The van der Waals surface area contributed by atoms with Crippen molar-refractivity contribution in [1.29, 1.82) is 0 Å². The van der Waals surface area contributed by atoms with Crippen molar-refractivity contribution in [1.82, 2.24) is 5.32 Å². The fraction of sp³-hybridized carbons (Fsp3) is 0.182. The molecule has 5 heteroatoms. The highest BCUT2D eigenvalue weighted by molar-refractivity contribution is 6.49. The van der Waals surface area contributed by atoms with Gasteiger partial charge in [-0.15, -0.1) is 0 Å². The van der Waals surface area contributed by atoms with Crippen LogP contribution in [0.15, 0.2) is 18.2 Å². The number of hydrogen-bond acceptors (Lipinski definition) is 4. The second-order valence-corrected chi connectivity index (χ2v) is 3.49. The molecule has 0 saturated carbocycles. The smallest absolute Gasteiger partial charge is 0.299 e. The van der Waals surface area contributed by atoms with Gasteiger partial charge in [-0.3, -0.25) is 19.7 Å². The standard InChI is InChI=1S/C11H10N2O3/c12-5-4-6-2-1-3-7-8(6)9(14)11(16)13-10(7)15/h1-3H,4-5,12H2,(H,13,15,16). The van der Waals surface area contributed by atoms with Crippen molar-refractivity contribution in [3.63, 3.8) is 0 Å². The van der Waals surface area contributed by atoms with E-state index in [0.29, 0.717) is 18.5 Å². The predicted molar refractivity (Wildman–Crippen MR) is 56.0 cm³/mol. The molecule has 1 heterocycles. The van der Waals surface area contributed by atoms with E-state index in [1.54, 1.807) is 12.1 Å². The highest BCUT2D eigenvalue weighted by atomic mass is 16.2. The lowest BCUT2D eigenvalue weighted by Crippen LogP contribution is -2.42. The first kappa shape index (κ1) is 10.5. The maximum atomic E-state index is 11.7. The van der Waals surface area contributed by atoms with E-state index < -0.39 is 17.6 Å². The summed E-state index contributed by atoms with van der Waals surface area (Å²) in [7, 11) is 0. The molecule has 0 radical (unpaired) electrons. The average Bonchev–Trinajstić information content (AvgIpc) is 2.26. The second-order valence-electron chi connectivity index (χ2n) is 3.49. The number of benzene rings is 1. The molecule has 0 spiro atoms. The zero-order chi connectivity index (χ0) is 11.7. The van der Waals surface area contributed by atoms with E-state index in [4.69, 9.17) is 5.73 Å². The Labute approximate surface area is 91.6 Å². The van der Waals surface area contributed by atoms with Crippen molar-refractivity contribution in [2.75, 3.05) is 6.54 Å². The highest BCUT2D eigenvalue weighted by Gasteiger charge is 2.31. The summed E-state index contributed by atoms with van der Waals surface area (Å²) in [5.74, 6) is -2.07. The molecule has 0 atom stereocenters. The molecule has 5 nitrogen and oxygen atoms in total. The van der Waals surface area contributed by atoms with Gasteiger partial charge >= 0.3 is 0 Å². The van der Waals surface area contributed by atoms with Crippen molar-refractivity contribution in [3.05, 3.63) is 34.9 Å². The number of carbonyl (C=O) groups is 3. The van der Waals surface area contributed by atoms with Gasteiger partial charge in [-0.25, -0.2) is 0 Å². The summed E-state index contributed by atoms with van der Waals surface area (Å²) in [6, 6.07) is 4.90. The summed E-state index contributed by atoms with van der Waals surface area (Å²) in [4.78, 5) is 34.3. The van der Waals surface area contributed by atoms with Crippen LogP contribution in [-0.4, -0.2) is 24.1 Å². The number of nitrogens with two attached hydrogens (primary N) is 1. The Bertz CT molecular complexity index is 494. The summed E-state index contributed by atoms with van der Waals surface area (Å²) in [6.07, 6.45) is 0.468. The van der Waals surface area contributed by atoms with E-state index in [0.717, 1.165) is 0 Å². The predicted octanol–water partition coefficient (Wildman–Crippen LogP) is -0.360. The molecule has 0 bridgehead atoms. The number of ketones is 1. The summed E-state index contributed by atoms with van der Waals surface area (Å²) >= 11 is 0. The Morgan fingerprint density at radius 3 is 2.56 bits per heavy atom. The number of Topliss-reactive ketones (excluding diaryl/α,β-unsaturated/α-hetero) is 1. The average molecular weight is 218 g/mol. The third-order valence-corrected chi connectivity index (χ3v) is 2.47. The number of nitrogens with one attached hydrogen (secondary N) is 1. The van der Waals surface area contributed by atoms with Crippen molar-refractivity contribution >= 4 is 17.6 Å². The SMILES string of the molecule is NCCc1cccc2c1C(=O)C(=O)NC2=O. The van der Waals surface area contributed by atoms with E-state index in [9.17, 15) is 14.4 Å². The van der Waals surface area contributed by atoms with Crippen LogP contribution in [-0.2, 0) is 11.2 Å². The van der Waals surface area contributed by atoms with Crippen LogP contribution in [0.5, 0.6) is 0 Å². The van der Waals surface area contributed by atoms with Crippen LogP contribution in [0.2, 0.25) is 0 Å². The third kappa shape index (κ3) is 1.51. The second kappa shape index (κ2) is 3.86. The van der Waals surface area contributed by atoms with Crippen LogP contribution >= 0.6 is 0 Å². The van der Waals surface area contributed by atoms with Crippen molar-refractivity contribution in [2.45, 2.75) is 6.42 Å². The van der Waals surface area contributed by atoms with Gasteiger partial charge in [-0.05, 0) is 24.6 Å². The topological polar surface area (TPSA) is 89.3 Å². The molecule has 2 amide bonds. The molecule has 0 unspecified atom stereocenters. The first-order valence-electron chi connectivity index (χ1n) is 4.87. The normalized spacial score (nSPS) is 14.7. The van der Waals surface area contributed by atoms with Crippen LogP contribution in [0.1, 0.15) is 26.3 Å². The minimum atomic E-state index is -0.873. The first-order valence-corrected chi connectivity index (χ1v) is 4.87. The van der Waals surface area contributed by atoms with Crippen LogP contribution in [0.3, 0.4) is 0 Å². The molecule has 1 aliphatic heterocycles. The Hall–Kier alpha value is -2.01. The van der Waals surface area contributed by atoms with Gasteiger partial charge in [-0.2, -0.15) is 0 Å². The Balaban J connectivity index is 2.62. The molecule has 0 saturated heterocycles. The van der Waals surface area contributed by atoms with E-state index in [-0.39, 0.29) is 11.1 Å². The molecule has 82 valence electrons. The van der Waals surface area contributed by atoms with Gasteiger partial charge in [0.25, 0.3) is 17.6 Å². The molecule has 0 fully saturated rings. The number of fused-ring (bicyclic) bond motifs is 1. The Morgan fingerprint density at radius 2 is 1.88 bits per heavy atom. The lowest BCUT2D eigenvalue weighted by atomic mass is 9.92. The summed E-state index contributed by atoms with van der Waals surface area (Å²) < 4.78 is 0. The molecule has 1 aliphatic rings. The largest absolute Gasteiger partial charge is 0.330 e. The summed E-state index contributed by atoms with van der Waals surface area (Å²) in [5.41, 5.74) is 6.50. The van der Waals surface area contributed by atoms with Crippen LogP contribution in [0.25, 0.3) is 0 Å². The van der Waals surface area contributed by atoms with Crippen LogP contribution < -0.4 is 11.1 Å². The molecule has 3 N–H and O–H groups in total. The molecular weight excluding hydrogens is 208 g/mol. The maximum absolute atomic E-state index is 11.7. The van der Waals surface area contributed by atoms with Gasteiger partial charge in [0, 0.05) is 5.56 Å². The number of rotatable bonds is 2. The maximum Gasteiger partial charge on any atom is 0.299 e. The molecular formula is C11H10N2O3. The number of carbonyl (C=O) groups excluding carboxylic acids is 3. The molecule has 16 heavy (non-hydrogen) atoms. The van der Waals surface area contributed by atoms with Crippen LogP contribution in [0.4, 0.5) is 0 Å². The molecule has 2 rings (SSSR count). The van der Waals surface area contributed by atoms with E-state index in [1.165, 1.54) is 6.07 Å². The highest BCUT2D eigenvalue weighted by Crippen LogP contribution is 2.19. The minimum Gasteiger partial charge on any atom is -0.330 e. The van der Waals surface area contributed by atoms with E-state index >= 15 is 0 Å². The molecule has 1 aromatic rings. The van der Waals surface area contributed by atoms with Crippen molar-refractivity contribution < 1.29 is 14.4 Å². The number of amides is 2. The lowest BCUT2D eigenvalue weighted by Gasteiger charge is -2.16. The lowest BCUT2D eigenvalue weighted by molar-refractivity contribution is -0.116.